The zero-order valence-electron chi connectivity index (χ0n) is 25.9. The molecule has 3 N–H and O–H groups in total. The molecule has 0 saturated heterocycles. The van der Waals surface area contributed by atoms with Gasteiger partial charge >= 0.3 is 6.09 Å². The second-order valence-electron chi connectivity index (χ2n) is 14.9. The summed E-state index contributed by atoms with van der Waals surface area (Å²) in [5.41, 5.74) is 8.04. The van der Waals surface area contributed by atoms with Gasteiger partial charge in [0.05, 0.1) is 0 Å². The first-order chi connectivity index (χ1) is 18.1. The number of nitrogens with two attached hydrogens (primary N) is 1. The third-order valence-corrected chi connectivity index (χ3v) is 12.3. The fourth-order valence-electron chi connectivity index (χ4n) is 10.1. The molecule has 0 heterocycles. The fourth-order valence-corrected chi connectivity index (χ4v) is 10.1. The summed E-state index contributed by atoms with van der Waals surface area (Å²) in [5.74, 6) is 5.11. The van der Waals surface area contributed by atoms with E-state index in [9.17, 15) is 9.90 Å². The summed E-state index contributed by atoms with van der Waals surface area (Å²) in [7, 11) is 0. The largest absolute Gasteiger partial charge is 0.465 e. The molecule has 8 atom stereocenters. The van der Waals surface area contributed by atoms with Crippen LogP contribution in [0.4, 0.5) is 4.79 Å². The predicted octanol–water partition coefficient (Wildman–Crippen LogP) is 9.32. The minimum atomic E-state index is -0.723. The third-order valence-electron chi connectivity index (χ3n) is 12.3. The topological polar surface area (TPSA) is 66.6 Å². The second kappa shape index (κ2) is 14.0. The standard InChI is InChI=1S/C34H60N2O2.ClH/c1-24(2)11-10-12-25(3)29-15-16-30-28-14-13-26-23-27(36(32(37)38)22-9-7-6-8-21-35)17-19-33(26,4)31(28)18-20-34(29,30)5;/h13,24-25,27-31H,6-12,14-23,35H2,1-5H3,(H,37,38);1H/t25-,27?,28?,29-,30?,31?,33+,34-;/m1./s1. The molecular formula is C34H61ClN2O2. The van der Waals surface area contributed by atoms with Gasteiger partial charge in [-0.3, -0.25) is 0 Å². The van der Waals surface area contributed by atoms with Crippen molar-refractivity contribution in [1.29, 1.82) is 0 Å². The zero-order chi connectivity index (χ0) is 27.5. The summed E-state index contributed by atoms with van der Waals surface area (Å²) in [4.78, 5) is 14.0. The Hall–Kier alpha value is -0.740. The molecule has 3 saturated carbocycles. The van der Waals surface area contributed by atoms with Gasteiger partial charge in [0, 0.05) is 12.6 Å². The van der Waals surface area contributed by atoms with Gasteiger partial charge in [0.2, 0.25) is 0 Å². The SMILES string of the molecule is CC(C)CCC[C@@H](C)[C@H]1CCC2C3CC=C4CC(N(CCCCCCN)C(=O)O)CC[C@]4(C)C3CC[C@@]21C.Cl. The molecule has 0 radical (unpaired) electrons. The summed E-state index contributed by atoms with van der Waals surface area (Å²) in [6, 6.07) is 0.161. The van der Waals surface area contributed by atoms with E-state index in [0.717, 1.165) is 80.6 Å². The van der Waals surface area contributed by atoms with E-state index in [-0.39, 0.29) is 23.9 Å². The summed E-state index contributed by atoms with van der Waals surface area (Å²) >= 11 is 0. The summed E-state index contributed by atoms with van der Waals surface area (Å²) in [6.07, 6.45) is 20.4. The molecule has 0 aromatic heterocycles. The number of amides is 1. The van der Waals surface area contributed by atoms with Gasteiger partial charge in [0.1, 0.15) is 0 Å². The van der Waals surface area contributed by atoms with Crippen molar-refractivity contribution in [3.8, 4) is 0 Å². The Kier molecular flexibility index (Phi) is 11.7. The highest BCUT2D eigenvalue weighted by Gasteiger charge is 2.59. The fraction of sp³-hybridized carbons (Fsp3) is 0.912. The quantitative estimate of drug-likeness (QED) is 0.183. The molecule has 0 bridgehead atoms. The lowest BCUT2D eigenvalue weighted by Gasteiger charge is -2.59. The van der Waals surface area contributed by atoms with E-state index >= 15 is 0 Å². The molecule has 0 aliphatic heterocycles. The van der Waals surface area contributed by atoms with Crippen molar-refractivity contribution in [2.75, 3.05) is 13.1 Å². The van der Waals surface area contributed by atoms with E-state index in [1.54, 1.807) is 10.5 Å². The average molecular weight is 565 g/mol. The Labute approximate surface area is 246 Å². The maximum atomic E-state index is 12.2. The number of halogens is 1. The highest BCUT2D eigenvalue weighted by Crippen LogP contribution is 2.67. The van der Waals surface area contributed by atoms with Crippen LogP contribution in [0.15, 0.2) is 11.6 Å². The molecule has 5 heteroatoms. The Morgan fingerprint density at radius 1 is 1.00 bits per heavy atom. The Morgan fingerprint density at radius 3 is 2.44 bits per heavy atom. The number of nitrogens with zero attached hydrogens (tertiary/aromatic N) is 1. The third kappa shape index (κ3) is 6.85. The van der Waals surface area contributed by atoms with Crippen LogP contribution in [0, 0.1) is 46.3 Å². The molecule has 39 heavy (non-hydrogen) atoms. The Balaban J connectivity index is 0.00000420. The molecule has 0 aromatic carbocycles. The van der Waals surface area contributed by atoms with Crippen molar-refractivity contribution in [3.05, 3.63) is 11.6 Å². The number of allylic oxidation sites excluding steroid dienone is 1. The molecule has 4 aliphatic rings. The Morgan fingerprint density at radius 2 is 1.74 bits per heavy atom. The molecule has 4 unspecified atom stereocenters. The highest BCUT2D eigenvalue weighted by molar-refractivity contribution is 5.85. The number of fused-ring (bicyclic) bond motifs is 5. The molecule has 1 amide bonds. The first kappa shape index (κ1) is 32.8. The van der Waals surface area contributed by atoms with E-state index in [1.165, 1.54) is 57.8 Å². The van der Waals surface area contributed by atoms with Crippen LogP contribution in [0.5, 0.6) is 0 Å². The number of unbranched alkanes of at least 4 members (excludes halogenated alkanes) is 3. The van der Waals surface area contributed by atoms with Gasteiger partial charge in [-0.25, -0.2) is 4.79 Å². The first-order valence-corrected chi connectivity index (χ1v) is 16.5. The number of rotatable bonds is 12. The van der Waals surface area contributed by atoms with E-state index < -0.39 is 6.09 Å². The molecule has 4 rings (SSSR count). The molecule has 0 spiro atoms. The predicted molar refractivity (Wildman–Crippen MR) is 166 cm³/mol. The molecule has 3 fully saturated rings. The van der Waals surface area contributed by atoms with Gasteiger partial charge in [-0.1, -0.05) is 78.4 Å². The molecule has 4 aliphatic carbocycles. The monoisotopic (exact) mass is 564 g/mol. The van der Waals surface area contributed by atoms with Crippen LogP contribution in [0.2, 0.25) is 0 Å². The van der Waals surface area contributed by atoms with Crippen molar-refractivity contribution in [1.82, 2.24) is 4.90 Å². The minimum absolute atomic E-state index is 0. The van der Waals surface area contributed by atoms with Gasteiger partial charge in [0.25, 0.3) is 0 Å². The van der Waals surface area contributed by atoms with Crippen LogP contribution in [0.25, 0.3) is 0 Å². The van der Waals surface area contributed by atoms with Crippen molar-refractivity contribution in [2.45, 2.75) is 137 Å². The number of hydrogen-bond acceptors (Lipinski definition) is 2. The van der Waals surface area contributed by atoms with Crippen LogP contribution >= 0.6 is 12.4 Å². The average Bonchev–Trinajstić information content (AvgIpc) is 3.23. The zero-order valence-corrected chi connectivity index (χ0v) is 26.7. The number of carboxylic acid groups (broad SMARTS) is 1. The van der Waals surface area contributed by atoms with Crippen LogP contribution < -0.4 is 5.73 Å². The van der Waals surface area contributed by atoms with Crippen molar-refractivity contribution < 1.29 is 9.90 Å². The van der Waals surface area contributed by atoms with Crippen LogP contribution in [0.1, 0.15) is 131 Å². The lowest BCUT2D eigenvalue weighted by Crippen LogP contribution is -2.52. The lowest BCUT2D eigenvalue weighted by atomic mass is 9.46. The first-order valence-electron chi connectivity index (χ1n) is 16.5. The lowest BCUT2D eigenvalue weighted by molar-refractivity contribution is -0.0541. The van der Waals surface area contributed by atoms with Gasteiger partial charge in [-0.2, -0.15) is 0 Å². The highest BCUT2D eigenvalue weighted by atomic mass is 35.5. The second-order valence-corrected chi connectivity index (χ2v) is 14.9. The maximum Gasteiger partial charge on any atom is 0.407 e. The van der Waals surface area contributed by atoms with Gasteiger partial charge in [0.15, 0.2) is 0 Å². The normalized spacial score (nSPS) is 36.3. The Bertz CT molecular complexity index is 830. The molecule has 226 valence electrons. The summed E-state index contributed by atoms with van der Waals surface area (Å²) < 4.78 is 0. The smallest absolute Gasteiger partial charge is 0.407 e. The van der Waals surface area contributed by atoms with E-state index in [0.29, 0.717) is 12.0 Å². The van der Waals surface area contributed by atoms with Crippen molar-refractivity contribution in [2.24, 2.45) is 52.1 Å². The van der Waals surface area contributed by atoms with E-state index in [1.807, 2.05) is 0 Å². The van der Waals surface area contributed by atoms with Gasteiger partial charge in [-0.15, -0.1) is 12.4 Å². The molecule has 0 aromatic rings. The maximum absolute atomic E-state index is 12.2. The number of hydrogen-bond donors (Lipinski definition) is 2. The summed E-state index contributed by atoms with van der Waals surface area (Å²) in [5, 5.41) is 10.0. The van der Waals surface area contributed by atoms with Crippen LogP contribution in [-0.2, 0) is 0 Å². The molecular weight excluding hydrogens is 504 g/mol. The van der Waals surface area contributed by atoms with Crippen molar-refractivity contribution in [3.63, 3.8) is 0 Å². The van der Waals surface area contributed by atoms with Gasteiger partial charge in [-0.05, 0) is 117 Å². The minimum Gasteiger partial charge on any atom is -0.465 e. The van der Waals surface area contributed by atoms with Crippen LogP contribution in [-0.4, -0.2) is 35.2 Å². The van der Waals surface area contributed by atoms with Gasteiger partial charge < -0.3 is 15.7 Å². The van der Waals surface area contributed by atoms with Crippen molar-refractivity contribution >= 4 is 18.5 Å². The van der Waals surface area contributed by atoms with E-state index in [2.05, 4.69) is 40.7 Å². The van der Waals surface area contributed by atoms with Crippen LogP contribution in [0.3, 0.4) is 0 Å². The van der Waals surface area contributed by atoms with E-state index in [4.69, 9.17) is 5.73 Å². The summed E-state index contributed by atoms with van der Waals surface area (Å²) in [6.45, 7) is 14.0. The number of carbonyl (C=O) groups is 1. The molecule has 4 nitrogen and oxygen atoms in total.